The third kappa shape index (κ3) is 4.76. The zero-order valence-corrected chi connectivity index (χ0v) is 19.1. The fourth-order valence-corrected chi connectivity index (χ4v) is 5.99. The number of thioether (sulfide) groups is 1. The number of fused-ring (bicyclic) bond motifs is 2. The van der Waals surface area contributed by atoms with E-state index in [1.165, 1.54) is 16.7 Å². The second kappa shape index (κ2) is 9.37. The van der Waals surface area contributed by atoms with Gasteiger partial charge in [0.2, 0.25) is 5.91 Å². The lowest BCUT2D eigenvalue weighted by atomic mass is 10.0. The maximum atomic E-state index is 12.6. The van der Waals surface area contributed by atoms with Crippen LogP contribution in [0.5, 0.6) is 0 Å². The van der Waals surface area contributed by atoms with Crippen molar-refractivity contribution in [3.8, 4) is 0 Å². The lowest BCUT2D eigenvalue weighted by molar-refractivity contribution is -0.120. The van der Waals surface area contributed by atoms with Crippen LogP contribution in [0, 0.1) is 0 Å². The Labute approximate surface area is 188 Å². The van der Waals surface area contributed by atoms with Gasteiger partial charge in [0.05, 0.1) is 21.2 Å². The molecule has 0 saturated heterocycles. The maximum absolute atomic E-state index is 12.6. The number of thiazole rings is 1. The largest absolute Gasteiger partial charge is 0.465 e. The van der Waals surface area contributed by atoms with Gasteiger partial charge in [-0.05, 0) is 25.0 Å². The zero-order valence-electron chi connectivity index (χ0n) is 17.4. The van der Waals surface area contributed by atoms with E-state index in [1.54, 1.807) is 23.7 Å². The lowest BCUT2D eigenvalue weighted by Crippen LogP contribution is -2.39. The standard InChI is InChI=1S/C21H25N5O3S2/c1-3-12(2)23-8-5-17(27)25-20-18(19-24-14-10-22-7-4-15(14)30-19)13-6-9-26(21(28)29)11-16(13)31-20/h4,6-7,10,12,16,23H,3,5,8-9,11H2,1-2H3,(H,25,27)(H,28,29)/t12?,16-/m1/s1. The van der Waals surface area contributed by atoms with E-state index >= 15 is 0 Å². The first-order chi connectivity index (χ1) is 15.0. The number of carbonyl (C=O) groups excluding carboxylic acids is 1. The SMILES string of the molecule is CCC(C)NCCC(=O)NC1=C(c2nc3cnccc3s2)C2=CCN(C(=O)O)C[C@H]2S1. The predicted octanol–water partition coefficient (Wildman–Crippen LogP) is 3.29. The molecule has 2 aromatic rings. The third-order valence-corrected chi connectivity index (χ3v) is 7.71. The highest BCUT2D eigenvalue weighted by atomic mass is 32.2. The summed E-state index contributed by atoms with van der Waals surface area (Å²) in [6, 6.07) is 2.30. The average molecular weight is 460 g/mol. The smallest absolute Gasteiger partial charge is 0.407 e. The molecule has 2 aromatic heterocycles. The number of pyridine rings is 1. The van der Waals surface area contributed by atoms with E-state index in [1.807, 2.05) is 12.1 Å². The van der Waals surface area contributed by atoms with E-state index in [2.05, 4.69) is 29.5 Å². The number of rotatable bonds is 7. The van der Waals surface area contributed by atoms with Crippen LogP contribution < -0.4 is 10.6 Å². The Morgan fingerprint density at radius 2 is 2.26 bits per heavy atom. The van der Waals surface area contributed by atoms with Crippen LogP contribution in [0.4, 0.5) is 4.79 Å². The molecule has 0 saturated carbocycles. The van der Waals surface area contributed by atoms with Crippen molar-refractivity contribution in [2.45, 2.75) is 38.0 Å². The minimum atomic E-state index is -0.933. The molecule has 8 nitrogen and oxygen atoms in total. The summed E-state index contributed by atoms with van der Waals surface area (Å²) in [5.41, 5.74) is 2.77. The summed E-state index contributed by atoms with van der Waals surface area (Å²) in [5, 5.41) is 17.3. The van der Waals surface area contributed by atoms with Crippen LogP contribution in [-0.2, 0) is 4.79 Å². The van der Waals surface area contributed by atoms with Crippen molar-refractivity contribution in [1.82, 2.24) is 25.5 Å². The Hall–Kier alpha value is -2.43. The van der Waals surface area contributed by atoms with Gasteiger partial charge in [0.25, 0.3) is 0 Å². The quantitative estimate of drug-likeness (QED) is 0.583. The van der Waals surface area contributed by atoms with Crippen molar-refractivity contribution in [3.05, 3.63) is 40.1 Å². The molecule has 0 fully saturated rings. The molecule has 2 aliphatic rings. The molecule has 2 atom stereocenters. The van der Waals surface area contributed by atoms with Gasteiger partial charge in [-0.1, -0.05) is 24.8 Å². The van der Waals surface area contributed by atoms with Crippen LogP contribution in [0.25, 0.3) is 15.8 Å². The summed E-state index contributed by atoms with van der Waals surface area (Å²) in [7, 11) is 0. The summed E-state index contributed by atoms with van der Waals surface area (Å²) >= 11 is 3.06. The average Bonchev–Trinajstić information content (AvgIpc) is 3.33. The molecular formula is C21H25N5O3S2. The van der Waals surface area contributed by atoms with E-state index in [0.717, 1.165) is 37.8 Å². The number of hydrogen-bond donors (Lipinski definition) is 3. The van der Waals surface area contributed by atoms with E-state index in [-0.39, 0.29) is 11.2 Å². The Kier molecular flexibility index (Phi) is 6.59. The maximum Gasteiger partial charge on any atom is 0.407 e. The van der Waals surface area contributed by atoms with Crippen LogP contribution in [0.1, 0.15) is 31.7 Å². The minimum absolute atomic E-state index is 0.0569. The molecule has 4 rings (SSSR count). The molecule has 1 unspecified atom stereocenters. The number of nitrogens with one attached hydrogen (secondary N) is 2. The van der Waals surface area contributed by atoms with Gasteiger partial charge in [-0.25, -0.2) is 9.78 Å². The highest BCUT2D eigenvalue weighted by molar-refractivity contribution is 8.04. The van der Waals surface area contributed by atoms with Gasteiger partial charge >= 0.3 is 6.09 Å². The van der Waals surface area contributed by atoms with Crippen molar-refractivity contribution in [3.63, 3.8) is 0 Å². The monoisotopic (exact) mass is 459 g/mol. The Bertz CT molecular complexity index is 1030. The number of hydrogen-bond acceptors (Lipinski definition) is 7. The summed E-state index contributed by atoms with van der Waals surface area (Å²) in [4.78, 5) is 34.4. The summed E-state index contributed by atoms with van der Waals surface area (Å²) in [6.45, 7) is 5.53. The topological polar surface area (TPSA) is 107 Å². The fourth-order valence-electron chi connectivity index (χ4n) is 3.53. The first kappa shape index (κ1) is 21.8. The van der Waals surface area contributed by atoms with Crippen molar-refractivity contribution < 1.29 is 14.7 Å². The van der Waals surface area contributed by atoms with Crippen LogP contribution in [0.15, 0.2) is 35.1 Å². The summed E-state index contributed by atoms with van der Waals surface area (Å²) in [5.74, 6) is -0.0621. The van der Waals surface area contributed by atoms with E-state index < -0.39 is 6.09 Å². The van der Waals surface area contributed by atoms with Crippen molar-refractivity contribution in [2.75, 3.05) is 19.6 Å². The van der Waals surface area contributed by atoms with Gasteiger partial charge in [0, 0.05) is 43.9 Å². The molecule has 10 heteroatoms. The lowest BCUT2D eigenvalue weighted by Gasteiger charge is -2.27. The number of amides is 2. The number of allylic oxidation sites excluding steroid dienone is 1. The number of carbonyl (C=O) groups is 2. The second-order valence-electron chi connectivity index (χ2n) is 7.58. The Morgan fingerprint density at radius 1 is 1.42 bits per heavy atom. The molecule has 2 amide bonds. The molecule has 0 radical (unpaired) electrons. The molecule has 31 heavy (non-hydrogen) atoms. The van der Waals surface area contributed by atoms with E-state index in [4.69, 9.17) is 4.98 Å². The predicted molar refractivity (Wildman–Crippen MR) is 124 cm³/mol. The number of aromatic nitrogens is 2. The van der Waals surface area contributed by atoms with Gasteiger partial charge in [-0.2, -0.15) is 0 Å². The Morgan fingerprint density at radius 3 is 3.00 bits per heavy atom. The number of carboxylic acid groups (broad SMARTS) is 1. The first-order valence-electron chi connectivity index (χ1n) is 10.3. The van der Waals surface area contributed by atoms with Crippen molar-refractivity contribution in [2.24, 2.45) is 0 Å². The highest BCUT2D eigenvalue weighted by Gasteiger charge is 2.37. The highest BCUT2D eigenvalue weighted by Crippen LogP contribution is 2.48. The van der Waals surface area contributed by atoms with Gasteiger partial charge in [0.1, 0.15) is 10.5 Å². The van der Waals surface area contributed by atoms with Gasteiger partial charge < -0.3 is 20.6 Å². The molecule has 0 aliphatic carbocycles. The fraction of sp³-hybridized carbons (Fsp3) is 0.429. The van der Waals surface area contributed by atoms with E-state index in [9.17, 15) is 14.7 Å². The van der Waals surface area contributed by atoms with Crippen LogP contribution >= 0.6 is 23.1 Å². The molecule has 3 N–H and O–H groups in total. The van der Waals surface area contributed by atoms with E-state index in [0.29, 0.717) is 32.1 Å². The van der Waals surface area contributed by atoms with Crippen molar-refractivity contribution >= 4 is 50.9 Å². The normalized spacial score (nSPS) is 19.4. The van der Waals surface area contributed by atoms with Crippen LogP contribution in [0.3, 0.4) is 0 Å². The first-order valence-corrected chi connectivity index (χ1v) is 12.0. The summed E-state index contributed by atoms with van der Waals surface area (Å²) in [6.07, 6.45) is 5.86. The molecule has 2 aliphatic heterocycles. The zero-order chi connectivity index (χ0) is 22.0. The molecule has 0 spiro atoms. The van der Waals surface area contributed by atoms with Gasteiger partial charge in [-0.15, -0.1) is 11.3 Å². The van der Waals surface area contributed by atoms with Crippen molar-refractivity contribution in [1.29, 1.82) is 0 Å². The molecular weight excluding hydrogens is 434 g/mol. The third-order valence-electron chi connectivity index (χ3n) is 5.42. The second-order valence-corrected chi connectivity index (χ2v) is 9.83. The van der Waals surface area contributed by atoms with Crippen LogP contribution in [0.2, 0.25) is 0 Å². The minimum Gasteiger partial charge on any atom is -0.465 e. The molecule has 0 bridgehead atoms. The van der Waals surface area contributed by atoms with Gasteiger partial charge in [0.15, 0.2) is 0 Å². The van der Waals surface area contributed by atoms with Gasteiger partial charge in [-0.3, -0.25) is 9.78 Å². The molecule has 0 aromatic carbocycles. The molecule has 4 heterocycles. The molecule has 164 valence electrons. The summed E-state index contributed by atoms with van der Waals surface area (Å²) < 4.78 is 1.03. The Balaban J connectivity index is 1.60. The number of nitrogens with zero attached hydrogens (tertiary/aromatic N) is 3. The van der Waals surface area contributed by atoms with Crippen LogP contribution in [-0.4, -0.2) is 62.9 Å².